The van der Waals surface area contributed by atoms with Gasteiger partial charge in [0.25, 0.3) is 5.91 Å². The van der Waals surface area contributed by atoms with Gasteiger partial charge in [0.1, 0.15) is 10.5 Å². The van der Waals surface area contributed by atoms with E-state index in [4.69, 9.17) is 20.9 Å². The minimum atomic E-state index is -1.70. The quantitative estimate of drug-likeness (QED) is 0.501. The Morgan fingerprint density at radius 2 is 1.94 bits per heavy atom. The SMILES string of the molecule is CNC(=O)c1noc2c(Cl)c3c(nc12)CC1(C(=O)NC(=O)NC1=O)[C@H]1[C@H](C)O[C@H](C)CN31. The van der Waals surface area contributed by atoms with Gasteiger partial charge in [0.2, 0.25) is 17.4 Å². The number of nitrogens with one attached hydrogen (secondary N) is 3. The predicted molar refractivity (Wildman–Crippen MR) is 109 cm³/mol. The van der Waals surface area contributed by atoms with Crippen LogP contribution in [0.3, 0.4) is 0 Å². The van der Waals surface area contributed by atoms with Gasteiger partial charge in [-0.05, 0) is 13.8 Å². The monoisotopic (exact) mass is 462 g/mol. The summed E-state index contributed by atoms with van der Waals surface area (Å²) in [6.45, 7) is 3.92. The maximum Gasteiger partial charge on any atom is 0.328 e. The number of anilines is 1. The molecule has 5 amide bonds. The second kappa shape index (κ2) is 6.87. The van der Waals surface area contributed by atoms with E-state index in [1.807, 2.05) is 11.8 Å². The molecule has 0 unspecified atom stereocenters. The summed E-state index contributed by atoms with van der Waals surface area (Å²) in [7, 11) is 1.44. The van der Waals surface area contributed by atoms with Crippen molar-refractivity contribution in [1.29, 1.82) is 0 Å². The van der Waals surface area contributed by atoms with E-state index < -0.39 is 41.3 Å². The largest absolute Gasteiger partial charge is 0.372 e. The van der Waals surface area contributed by atoms with Gasteiger partial charge in [0.15, 0.2) is 11.1 Å². The van der Waals surface area contributed by atoms with E-state index in [0.29, 0.717) is 17.9 Å². The van der Waals surface area contributed by atoms with Crippen LogP contribution >= 0.6 is 11.6 Å². The number of barbiturate groups is 1. The van der Waals surface area contributed by atoms with Crippen LogP contribution in [0, 0.1) is 5.41 Å². The summed E-state index contributed by atoms with van der Waals surface area (Å²) >= 11 is 6.72. The molecule has 32 heavy (non-hydrogen) atoms. The number of carbonyl (C=O) groups is 4. The summed E-state index contributed by atoms with van der Waals surface area (Å²) in [5.41, 5.74) is -0.738. The number of morpholine rings is 1. The van der Waals surface area contributed by atoms with E-state index in [1.165, 1.54) is 7.05 Å². The minimum absolute atomic E-state index is 0.0696. The lowest BCUT2D eigenvalue weighted by Crippen LogP contribution is -2.75. The molecule has 3 N–H and O–H groups in total. The third-order valence-corrected chi connectivity index (χ3v) is 6.57. The van der Waals surface area contributed by atoms with Crippen molar-refractivity contribution in [3.63, 3.8) is 0 Å². The van der Waals surface area contributed by atoms with Gasteiger partial charge < -0.3 is 19.5 Å². The molecule has 13 heteroatoms. The molecule has 2 fully saturated rings. The van der Waals surface area contributed by atoms with E-state index in [0.717, 1.165) is 0 Å². The maximum atomic E-state index is 13.2. The number of pyridine rings is 1. The summed E-state index contributed by atoms with van der Waals surface area (Å²) < 4.78 is 11.3. The highest BCUT2D eigenvalue weighted by Gasteiger charge is 2.63. The maximum absolute atomic E-state index is 13.2. The summed E-state index contributed by atoms with van der Waals surface area (Å²) in [6.07, 6.45) is -0.965. The number of nitrogens with zero attached hydrogens (tertiary/aromatic N) is 3. The normalized spacial score (nSPS) is 26.4. The van der Waals surface area contributed by atoms with Crippen LogP contribution in [0.15, 0.2) is 4.52 Å². The lowest BCUT2D eigenvalue weighted by atomic mass is 9.67. The first-order valence-electron chi connectivity index (χ1n) is 9.97. The molecule has 0 bridgehead atoms. The molecule has 5 rings (SSSR count). The highest BCUT2D eigenvalue weighted by Crippen LogP contribution is 2.50. The van der Waals surface area contributed by atoms with Crippen molar-refractivity contribution in [3.05, 3.63) is 16.4 Å². The lowest BCUT2D eigenvalue weighted by Gasteiger charge is -2.55. The van der Waals surface area contributed by atoms with Crippen LogP contribution in [0.25, 0.3) is 11.1 Å². The van der Waals surface area contributed by atoms with Crippen LogP contribution in [0.2, 0.25) is 5.02 Å². The summed E-state index contributed by atoms with van der Waals surface area (Å²) in [4.78, 5) is 56.7. The van der Waals surface area contributed by atoms with Gasteiger partial charge in [-0.3, -0.25) is 25.0 Å². The zero-order valence-electron chi connectivity index (χ0n) is 17.3. The van der Waals surface area contributed by atoms with Crippen LogP contribution in [0.4, 0.5) is 10.5 Å². The highest BCUT2D eigenvalue weighted by atomic mass is 35.5. The average molecular weight is 463 g/mol. The van der Waals surface area contributed by atoms with E-state index >= 15 is 0 Å². The number of amides is 5. The smallest absolute Gasteiger partial charge is 0.328 e. The Morgan fingerprint density at radius 1 is 1.25 bits per heavy atom. The first-order chi connectivity index (χ1) is 15.2. The molecule has 3 aliphatic rings. The Morgan fingerprint density at radius 3 is 2.59 bits per heavy atom. The van der Waals surface area contributed by atoms with Crippen molar-refractivity contribution in [2.45, 2.75) is 38.5 Å². The Balaban J connectivity index is 1.78. The third-order valence-electron chi connectivity index (χ3n) is 6.22. The van der Waals surface area contributed by atoms with Crippen LogP contribution in [0.1, 0.15) is 30.0 Å². The van der Waals surface area contributed by atoms with E-state index in [2.05, 4.69) is 26.1 Å². The van der Waals surface area contributed by atoms with Crippen molar-refractivity contribution in [3.8, 4) is 0 Å². The third kappa shape index (κ3) is 2.59. The highest BCUT2D eigenvalue weighted by molar-refractivity contribution is 6.38. The molecule has 3 aliphatic heterocycles. The molecule has 5 heterocycles. The number of hydrogen-bond acceptors (Lipinski definition) is 9. The number of aromatic nitrogens is 2. The number of fused-ring (bicyclic) bond motifs is 5. The Bertz CT molecular complexity index is 1190. The fraction of sp³-hybridized carbons (Fsp3) is 0.474. The Hall–Kier alpha value is -3.25. The molecule has 2 aromatic heterocycles. The summed E-state index contributed by atoms with van der Waals surface area (Å²) in [5.74, 6) is -2.01. The topological polar surface area (TPSA) is 156 Å². The number of halogens is 1. The fourth-order valence-corrected chi connectivity index (χ4v) is 5.37. The van der Waals surface area contributed by atoms with Gasteiger partial charge in [-0.2, -0.15) is 0 Å². The van der Waals surface area contributed by atoms with Crippen LogP contribution in [-0.2, 0) is 20.7 Å². The molecule has 2 saturated heterocycles. The number of carbonyl (C=O) groups excluding carboxylic acids is 4. The van der Waals surface area contributed by atoms with Crippen molar-refractivity contribution in [2.75, 3.05) is 18.5 Å². The van der Waals surface area contributed by atoms with Crippen LogP contribution in [-0.4, -0.2) is 65.7 Å². The van der Waals surface area contributed by atoms with Gasteiger partial charge in [0.05, 0.1) is 29.6 Å². The van der Waals surface area contributed by atoms with Crippen LogP contribution in [0.5, 0.6) is 0 Å². The summed E-state index contributed by atoms with van der Waals surface area (Å²) in [5, 5.41) is 10.8. The lowest BCUT2D eigenvalue weighted by molar-refractivity contribution is -0.153. The van der Waals surface area contributed by atoms with E-state index in [9.17, 15) is 19.2 Å². The van der Waals surface area contributed by atoms with Crippen molar-refractivity contribution >= 4 is 52.1 Å². The Labute approximate surface area is 185 Å². The molecular formula is C19H19ClN6O6. The molecule has 3 atom stereocenters. The van der Waals surface area contributed by atoms with Gasteiger partial charge in [0, 0.05) is 20.0 Å². The molecule has 168 valence electrons. The average Bonchev–Trinajstić information content (AvgIpc) is 3.14. The number of urea groups is 1. The molecular weight excluding hydrogens is 444 g/mol. The molecule has 2 aromatic rings. The second-order valence-corrected chi connectivity index (χ2v) is 8.52. The first-order valence-corrected chi connectivity index (χ1v) is 10.4. The molecule has 1 spiro atoms. The van der Waals surface area contributed by atoms with E-state index in [-0.39, 0.29) is 34.3 Å². The van der Waals surface area contributed by atoms with E-state index in [1.54, 1.807) is 6.92 Å². The van der Waals surface area contributed by atoms with Gasteiger partial charge in [-0.25, -0.2) is 9.78 Å². The zero-order chi connectivity index (χ0) is 22.9. The molecule has 12 nitrogen and oxygen atoms in total. The van der Waals surface area contributed by atoms with Crippen LogP contribution < -0.4 is 20.9 Å². The van der Waals surface area contributed by atoms with Gasteiger partial charge in [-0.15, -0.1) is 0 Å². The first kappa shape index (κ1) is 20.6. The minimum Gasteiger partial charge on any atom is -0.372 e. The number of hydrogen-bond donors (Lipinski definition) is 3. The van der Waals surface area contributed by atoms with Gasteiger partial charge >= 0.3 is 6.03 Å². The molecule has 0 aromatic carbocycles. The predicted octanol–water partition coefficient (Wildman–Crippen LogP) is 0.127. The molecule has 0 radical (unpaired) electrons. The number of rotatable bonds is 1. The van der Waals surface area contributed by atoms with Gasteiger partial charge in [-0.1, -0.05) is 16.8 Å². The fourth-order valence-electron chi connectivity index (χ4n) is 5.02. The standard InChI is InChI=1S/C19H19ClN6O6/c1-6-5-26-12-8(22-10-11(15(27)21-3)25-32-13(10)9(12)20)4-19(14(26)7(2)31-6)16(28)23-18(30)24-17(19)29/h6-7,14H,4-5H2,1-3H3,(H,21,27)(H2,23,24,28,29,30)/t6-,7+,14-/m1/s1. The molecule has 0 aliphatic carbocycles. The van der Waals surface area contributed by atoms with Crippen molar-refractivity contribution in [1.82, 2.24) is 26.1 Å². The van der Waals surface area contributed by atoms with Crippen molar-refractivity contribution in [2.24, 2.45) is 5.41 Å². The Kier molecular flexibility index (Phi) is 4.43. The number of imide groups is 2. The summed E-state index contributed by atoms with van der Waals surface area (Å²) in [6, 6.07) is -1.65. The number of ether oxygens (including phenoxy) is 1. The van der Waals surface area contributed by atoms with Crippen molar-refractivity contribution < 1.29 is 28.4 Å². The molecule has 0 saturated carbocycles. The second-order valence-electron chi connectivity index (χ2n) is 8.14. The zero-order valence-corrected chi connectivity index (χ0v) is 18.1.